The lowest BCUT2D eigenvalue weighted by Crippen LogP contribution is -2.48. The van der Waals surface area contributed by atoms with Gasteiger partial charge < -0.3 is 20.3 Å². The second-order valence-corrected chi connectivity index (χ2v) is 9.23. The quantitative estimate of drug-likeness (QED) is 0.235. The molecule has 0 radical (unpaired) electrons. The fraction of sp³-hybridized carbons (Fsp3) is 0.941. The van der Waals surface area contributed by atoms with Crippen LogP contribution in [0.2, 0.25) is 0 Å². The molecule has 1 atom stereocenters. The van der Waals surface area contributed by atoms with Crippen LogP contribution in [0.4, 0.5) is 13.2 Å². The van der Waals surface area contributed by atoms with Crippen molar-refractivity contribution in [3.05, 3.63) is 0 Å². The molecule has 0 aliphatic carbocycles. The predicted octanol–water partition coefficient (Wildman–Crippen LogP) is 1.69. The molecule has 0 bridgehead atoms. The molecule has 0 spiro atoms. The smallest absolute Gasteiger partial charge is 0.377 e. The predicted molar refractivity (Wildman–Crippen MR) is 123 cm³/mol. The number of hydrogen-bond acceptors (Lipinski definition) is 5. The van der Waals surface area contributed by atoms with Gasteiger partial charge in [-0.2, -0.15) is 17.5 Å². The van der Waals surface area contributed by atoms with Crippen molar-refractivity contribution in [2.75, 3.05) is 60.5 Å². The molecule has 30 heavy (non-hydrogen) atoms. The largest absolute Gasteiger partial charge is 0.511 e. The molecule has 1 rings (SSSR count). The van der Waals surface area contributed by atoms with Gasteiger partial charge >= 0.3 is 15.5 Å². The van der Waals surface area contributed by atoms with E-state index in [4.69, 9.17) is 4.74 Å². The summed E-state index contributed by atoms with van der Waals surface area (Å²) in [5.41, 5.74) is -5.24. The molecule has 0 aromatic rings. The zero-order chi connectivity index (χ0) is 22.1. The minimum Gasteiger partial charge on any atom is -0.377 e. The molecule has 0 saturated carbocycles. The molecule has 1 heterocycles. The molecule has 1 aliphatic heterocycles. The number of alkyl halides is 3. The highest BCUT2D eigenvalue weighted by Gasteiger charge is 2.50. The zero-order valence-corrected chi connectivity index (χ0v) is 21.2. The number of nitrogens with one attached hydrogen (secondary N) is 2. The van der Waals surface area contributed by atoms with Crippen molar-refractivity contribution in [1.29, 1.82) is 0 Å². The number of nitrogens with zero attached hydrogens (tertiary/aromatic N) is 3. The molecule has 2 N–H and O–H groups in total. The molecule has 0 amide bonds. The highest BCUT2D eigenvalue weighted by atomic mass is 127. The average molecular weight is 573 g/mol. The second kappa shape index (κ2) is 13.9. The molecule has 0 aromatic heterocycles. The topological polar surface area (TPSA) is 86.3 Å². The van der Waals surface area contributed by atoms with Gasteiger partial charge in [-0.15, -0.1) is 24.0 Å². The summed E-state index contributed by atoms with van der Waals surface area (Å²) < 4.78 is 67.1. The summed E-state index contributed by atoms with van der Waals surface area (Å²) in [6.07, 6.45) is 1.64. The molecular formula is C17H35F3IN5O3S. The van der Waals surface area contributed by atoms with Gasteiger partial charge in [0.05, 0.1) is 6.10 Å². The first-order chi connectivity index (χ1) is 13.5. The van der Waals surface area contributed by atoms with Crippen molar-refractivity contribution in [2.45, 2.75) is 37.8 Å². The number of halogens is 4. The van der Waals surface area contributed by atoms with Crippen LogP contribution in [0.15, 0.2) is 4.99 Å². The Kier molecular flexibility index (Phi) is 13.7. The fourth-order valence-corrected chi connectivity index (χ4v) is 4.04. The summed E-state index contributed by atoms with van der Waals surface area (Å²) in [5.74, 6) is 0.662. The Balaban J connectivity index is 0.00000841. The first-order valence-electron chi connectivity index (χ1n) is 9.78. The minimum atomic E-state index is -5.24. The van der Waals surface area contributed by atoms with Crippen LogP contribution in [0.5, 0.6) is 0 Å². The summed E-state index contributed by atoms with van der Waals surface area (Å²) in [5, 5.41) is 6.38. The number of aliphatic imine (C=N–C) groups is 1. The summed E-state index contributed by atoms with van der Waals surface area (Å²) in [4.78, 5) is 6.25. The van der Waals surface area contributed by atoms with E-state index >= 15 is 0 Å². The zero-order valence-electron chi connectivity index (χ0n) is 18.0. The molecule has 13 heteroatoms. The number of rotatable bonds is 10. The van der Waals surface area contributed by atoms with E-state index in [1.54, 1.807) is 7.05 Å². The molecule has 1 saturated heterocycles. The molecule has 180 valence electrons. The van der Waals surface area contributed by atoms with E-state index < -0.39 is 15.5 Å². The van der Waals surface area contributed by atoms with E-state index in [0.717, 1.165) is 13.0 Å². The Morgan fingerprint density at radius 2 is 1.87 bits per heavy atom. The van der Waals surface area contributed by atoms with Crippen LogP contribution in [-0.4, -0.2) is 95.7 Å². The molecule has 1 fully saturated rings. The van der Waals surface area contributed by atoms with E-state index in [2.05, 4.69) is 20.5 Å². The fourth-order valence-electron chi connectivity index (χ4n) is 3.05. The number of guanidine groups is 1. The van der Waals surface area contributed by atoms with Crippen LogP contribution in [0.25, 0.3) is 0 Å². The monoisotopic (exact) mass is 573 g/mol. The number of piperidine rings is 1. The van der Waals surface area contributed by atoms with Gasteiger partial charge in [0.1, 0.15) is 0 Å². The molecular weight excluding hydrogens is 538 g/mol. The van der Waals surface area contributed by atoms with Gasteiger partial charge in [0.25, 0.3) is 0 Å². The van der Waals surface area contributed by atoms with Gasteiger partial charge in [-0.1, -0.05) is 0 Å². The maximum absolute atomic E-state index is 12.6. The van der Waals surface area contributed by atoms with E-state index in [1.165, 1.54) is 0 Å². The normalized spacial score (nSPS) is 18.2. The van der Waals surface area contributed by atoms with Crippen LogP contribution in [-0.2, 0) is 14.8 Å². The maximum Gasteiger partial charge on any atom is 0.511 e. The lowest BCUT2D eigenvalue weighted by molar-refractivity contribution is -0.0496. The highest BCUT2D eigenvalue weighted by Crippen LogP contribution is 2.30. The number of ether oxygens (including phenoxy) is 1. The van der Waals surface area contributed by atoms with E-state index in [9.17, 15) is 21.6 Å². The van der Waals surface area contributed by atoms with Crippen molar-refractivity contribution < 1.29 is 26.3 Å². The van der Waals surface area contributed by atoms with E-state index in [-0.39, 0.29) is 49.1 Å². The molecule has 0 aromatic carbocycles. The lowest BCUT2D eigenvalue weighted by atomic mass is 9.98. The van der Waals surface area contributed by atoms with Gasteiger partial charge in [0.15, 0.2) is 5.96 Å². The van der Waals surface area contributed by atoms with Gasteiger partial charge in [-0.05, 0) is 46.2 Å². The molecule has 1 aliphatic rings. The summed E-state index contributed by atoms with van der Waals surface area (Å²) >= 11 is 0. The average Bonchev–Trinajstić information content (AvgIpc) is 2.65. The van der Waals surface area contributed by atoms with Gasteiger partial charge in [-0.25, -0.2) is 8.42 Å². The van der Waals surface area contributed by atoms with Crippen molar-refractivity contribution in [3.63, 3.8) is 0 Å². The third-order valence-electron chi connectivity index (χ3n) is 4.79. The Bertz CT molecular complexity index is 612. The Morgan fingerprint density at radius 3 is 2.33 bits per heavy atom. The van der Waals surface area contributed by atoms with Gasteiger partial charge in [0, 0.05) is 46.4 Å². The summed E-state index contributed by atoms with van der Waals surface area (Å²) in [6.45, 7) is 4.30. The third kappa shape index (κ3) is 9.83. The third-order valence-corrected chi connectivity index (χ3v) is 6.42. The number of sulfonamides is 1. The van der Waals surface area contributed by atoms with Gasteiger partial charge in [0.2, 0.25) is 0 Å². The van der Waals surface area contributed by atoms with Crippen molar-refractivity contribution in [1.82, 2.24) is 19.8 Å². The lowest BCUT2D eigenvalue weighted by Gasteiger charge is -2.31. The molecule has 1 unspecified atom stereocenters. The van der Waals surface area contributed by atoms with Crippen LogP contribution < -0.4 is 10.6 Å². The van der Waals surface area contributed by atoms with Crippen LogP contribution in [0.1, 0.15) is 26.2 Å². The summed E-state index contributed by atoms with van der Waals surface area (Å²) in [6, 6.07) is 0. The van der Waals surface area contributed by atoms with Crippen LogP contribution in [0, 0.1) is 5.92 Å². The van der Waals surface area contributed by atoms with E-state index in [1.807, 2.05) is 21.0 Å². The maximum atomic E-state index is 12.6. The van der Waals surface area contributed by atoms with Gasteiger partial charge in [-0.3, -0.25) is 4.99 Å². The summed E-state index contributed by atoms with van der Waals surface area (Å²) in [7, 11) is 0.412. The van der Waals surface area contributed by atoms with Crippen molar-refractivity contribution >= 4 is 40.0 Å². The number of hydrogen-bond donors (Lipinski definition) is 2. The highest BCUT2D eigenvalue weighted by molar-refractivity contribution is 14.0. The second-order valence-electron chi connectivity index (χ2n) is 7.30. The van der Waals surface area contributed by atoms with Crippen LogP contribution in [0.3, 0.4) is 0 Å². The SMILES string of the molecule is CCOC(CCN(C)C)CNC(=NC)NCC1CCN(S(=O)(=O)C(F)(F)F)CC1.I. The Morgan fingerprint density at radius 1 is 1.27 bits per heavy atom. The van der Waals surface area contributed by atoms with E-state index in [0.29, 0.717) is 42.8 Å². The Labute approximate surface area is 195 Å². The van der Waals surface area contributed by atoms with Crippen molar-refractivity contribution in [2.24, 2.45) is 10.9 Å². The van der Waals surface area contributed by atoms with Crippen molar-refractivity contribution in [3.8, 4) is 0 Å². The standard InChI is InChI=1S/C17H34F3N5O3S.HI/c1-5-28-15(8-9-24(3)4)13-23-16(21-2)22-12-14-6-10-25(11-7-14)29(26,27)17(18,19)20;/h14-15H,5-13H2,1-4H3,(H2,21,22,23);1H. The Hall–Kier alpha value is -0.380. The molecule has 8 nitrogen and oxygen atoms in total. The van der Waals surface area contributed by atoms with Crippen LogP contribution >= 0.6 is 24.0 Å². The minimum absolute atomic E-state index is 0. The first-order valence-corrected chi connectivity index (χ1v) is 11.2. The first kappa shape index (κ1) is 29.6.